The first kappa shape index (κ1) is 10.0. The minimum absolute atomic E-state index is 0.0917. The highest BCUT2D eigenvalue weighted by atomic mass is 19.1. The summed E-state index contributed by atoms with van der Waals surface area (Å²) in [6.45, 7) is 0. The van der Waals surface area contributed by atoms with Crippen LogP contribution in [-0.4, -0.2) is 7.11 Å². The summed E-state index contributed by atoms with van der Waals surface area (Å²) in [7, 11) is 1.39. The van der Waals surface area contributed by atoms with Crippen LogP contribution in [0.4, 0.5) is 4.39 Å². The summed E-state index contributed by atoms with van der Waals surface area (Å²) in [4.78, 5) is 0. The topological polar surface area (TPSA) is 56.8 Å². The Morgan fingerprint density at radius 2 is 2.14 bits per heavy atom. The molecule has 0 atom stereocenters. The number of hydrogen-bond acceptors (Lipinski definition) is 3. The van der Waals surface area contributed by atoms with E-state index in [1.54, 1.807) is 6.07 Å². The summed E-state index contributed by atoms with van der Waals surface area (Å²) in [6, 6.07) is 6.19. The Bertz CT molecular complexity index is 429. The summed E-state index contributed by atoms with van der Waals surface area (Å²) < 4.78 is 18.1. The molecule has 1 rings (SSSR count). The Hall–Kier alpha value is -2.07. The van der Waals surface area contributed by atoms with Crippen molar-refractivity contribution in [1.82, 2.24) is 0 Å². The molecule has 0 saturated heterocycles. The lowest BCUT2D eigenvalue weighted by Crippen LogP contribution is -1.97. The number of hydrogen-bond donors (Lipinski definition) is 0. The molecule has 0 spiro atoms. The summed E-state index contributed by atoms with van der Waals surface area (Å²) in [5, 5.41) is 17.2. The fourth-order valence-electron chi connectivity index (χ4n) is 1.15. The third-order valence-corrected chi connectivity index (χ3v) is 1.81. The van der Waals surface area contributed by atoms with Gasteiger partial charge in [0.15, 0.2) is 0 Å². The van der Waals surface area contributed by atoms with E-state index in [2.05, 4.69) is 0 Å². The minimum Gasteiger partial charge on any atom is -0.495 e. The lowest BCUT2D eigenvalue weighted by molar-refractivity contribution is 0.411. The van der Waals surface area contributed by atoms with E-state index in [1.165, 1.54) is 19.2 Å². The largest absolute Gasteiger partial charge is 0.495 e. The average molecular weight is 190 g/mol. The molecule has 0 unspecified atom stereocenters. The molecule has 0 aliphatic carbocycles. The molecule has 70 valence electrons. The molecule has 1 aromatic rings. The van der Waals surface area contributed by atoms with Gasteiger partial charge in [0.05, 0.1) is 19.6 Å². The van der Waals surface area contributed by atoms with Crippen LogP contribution in [0.5, 0.6) is 5.75 Å². The van der Waals surface area contributed by atoms with Crippen molar-refractivity contribution in [3.05, 3.63) is 29.1 Å². The standard InChI is InChI=1S/C10H7FN2O/c1-14-10-3-2-9(11)7(4-5-12)8(10)6-13/h2-3H,4H2,1H3. The number of ether oxygens (including phenoxy) is 1. The summed E-state index contributed by atoms with van der Waals surface area (Å²) in [6.07, 6.45) is -0.133. The summed E-state index contributed by atoms with van der Waals surface area (Å²) >= 11 is 0. The number of benzene rings is 1. The maximum atomic E-state index is 13.2. The van der Waals surface area contributed by atoms with Gasteiger partial charge in [-0.3, -0.25) is 0 Å². The number of rotatable bonds is 2. The maximum absolute atomic E-state index is 13.2. The molecule has 0 aromatic heterocycles. The Morgan fingerprint density at radius 1 is 1.43 bits per heavy atom. The van der Waals surface area contributed by atoms with Crippen LogP contribution >= 0.6 is 0 Å². The highest BCUT2D eigenvalue weighted by molar-refractivity contribution is 5.50. The predicted molar refractivity (Wildman–Crippen MR) is 47.0 cm³/mol. The van der Waals surface area contributed by atoms with Crippen molar-refractivity contribution < 1.29 is 9.13 Å². The van der Waals surface area contributed by atoms with E-state index < -0.39 is 5.82 Å². The van der Waals surface area contributed by atoms with E-state index in [9.17, 15) is 4.39 Å². The van der Waals surface area contributed by atoms with Gasteiger partial charge in [0.1, 0.15) is 23.2 Å². The lowest BCUT2D eigenvalue weighted by atomic mass is 10.0. The first-order valence-corrected chi connectivity index (χ1v) is 3.87. The molecule has 0 aliphatic heterocycles. The molecule has 0 amide bonds. The molecule has 0 aliphatic rings. The normalized spacial score (nSPS) is 8.86. The van der Waals surface area contributed by atoms with E-state index in [0.717, 1.165) is 0 Å². The second-order valence-corrected chi connectivity index (χ2v) is 2.55. The van der Waals surface area contributed by atoms with Crippen LogP contribution in [0.3, 0.4) is 0 Å². The number of halogens is 1. The van der Waals surface area contributed by atoms with Gasteiger partial charge >= 0.3 is 0 Å². The van der Waals surface area contributed by atoms with Crippen LogP contribution in [0.2, 0.25) is 0 Å². The highest BCUT2D eigenvalue weighted by Crippen LogP contribution is 2.24. The van der Waals surface area contributed by atoms with E-state index in [0.29, 0.717) is 5.75 Å². The van der Waals surface area contributed by atoms with Crippen molar-refractivity contribution >= 4 is 0 Å². The first-order chi connectivity index (χ1) is 6.74. The summed E-state index contributed by atoms with van der Waals surface area (Å²) in [5.74, 6) is -0.261. The fourth-order valence-corrected chi connectivity index (χ4v) is 1.15. The predicted octanol–water partition coefficient (Wildman–Crippen LogP) is 1.77. The Morgan fingerprint density at radius 3 is 2.64 bits per heavy atom. The van der Waals surface area contributed by atoms with Crippen LogP contribution in [0.1, 0.15) is 11.1 Å². The first-order valence-electron chi connectivity index (χ1n) is 3.87. The molecule has 3 nitrogen and oxygen atoms in total. The SMILES string of the molecule is COc1ccc(F)c(CC#N)c1C#N. The summed E-state index contributed by atoms with van der Waals surface area (Å²) in [5.41, 5.74) is 0.184. The van der Waals surface area contributed by atoms with Gasteiger partial charge in [-0.2, -0.15) is 10.5 Å². The molecule has 0 saturated carbocycles. The van der Waals surface area contributed by atoms with Gasteiger partial charge in [-0.25, -0.2) is 4.39 Å². The number of methoxy groups -OCH3 is 1. The monoisotopic (exact) mass is 190 g/mol. The maximum Gasteiger partial charge on any atom is 0.137 e. The highest BCUT2D eigenvalue weighted by Gasteiger charge is 2.13. The van der Waals surface area contributed by atoms with Crippen molar-refractivity contribution in [3.8, 4) is 17.9 Å². The van der Waals surface area contributed by atoms with E-state index in [4.69, 9.17) is 15.3 Å². The molecule has 0 radical (unpaired) electrons. The van der Waals surface area contributed by atoms with Crippen molar-refractivity contribution in [1.29, 1.82) is 10.5 Å². The molecule has 0 heterocycles. The second kappa shape index (κ2) is 4.25. The molecule has 4 heteroatoms. The second-order valence-electron chi connectivity index (χ2n) is 2.55. The molecule has 0 bridgehead atoms. The van der Waals surface area contributed by atoms with Gasteiger partial charge in [0, 0.05) is 5.56 Å². The van der Waals surface area contributed by atoms with Crippen LogP contribution in [0, 0.1) is 28.5 Å². The van der Waals surface area contributed by atoms with Gasteiger partial charge in [-0.1, -0.05) is 0 Å². The molecular formula is C10H7FN2O. The van der Waals surface area contributed by atoms with Gasteiger partial charge in [0.25, 0.3) is 0 Å². The van der Waals surface area contributed by atoms with Crippen molar-refractivity contribution in [2.45, 2.75) is 6.42 Å². The number of nitrogens with zero attached hydrogens (tertiary/aromatic N) is 2. The fraction of sp³-hybridized carbons (Fsp3) is 0.200. The molecule has 0 fully saturated rings. The van der Waals surface area contributed by atoms with Crippen molar-refractivity contribution in [3.63, 3.8) is 0 Å². The quantitative estimate of drug-likeness (QED) is 0.714. The smallest absolute Gasteiger partial charge is 0.137 e. The van der Waals surface area contributed by atoms with E-state index in [1.807, 2.05) is 6.07 Å². The average Bonchev–Trinajstić information content (AvgIpc) is 2.21. The third-order valence-electron chi connectivity index (χ3n) is 1.81. The van der Waals surface area contributed by atoms with Crippen LogP contribution < -0.4 is 4.74 Å². The molecule has 0 N–H and O–H groups in total. The van der Waals surface area contributed by atoms with Gasteiger partial charge in [0.2, 0.25) is 0 Å². The zero-order valence-corrected chi connectivity index (χ0v) is 7.54. The van der Waals surface area contributed by atoms with Gasteiger partial charge < -0.3 is 4.74 Å². The van der Waals surface area contributed by atoms with E-state index >= 15 is 0 Å². The zero-order valence-electron chi connectivity index (χ0n) is 7.54. The van der Waals surface area contributed by atoms with Crippen LogP contribution in [0.25, 0.3) is 0 Å². The van der Waals surface area contributed by atoms with Crippen molar-refractivity contribution in [2.24, 2.45) is 0 Å². The van der Waals surface area contributed by atoms with E-state index in [-0.39, 0.29) is 17.5 Å². The molecular weight excluding hydrogens is 183 g/mol. The van der Waals surface area contributed by atoms with Crippen LogP contribution in [0.15, 0.2) is 12.1 Å². The lowest BCUT2D eigenvalue weighted by Gasteiger charge is -2.06. The molecule has 14 heavy (non-hydrogen) atoms. The van der Waals surface area contributed by atoms with Crippen LogP contribution in [-0.2, 0) is 6.42 Å². The van der Waals surface area contributed by atoms with Gasteiger partial charge in [-0.05, 0) is 12.1 Å². The minimum atomic E-state index is -0.552. The third kappa shape index (κ3) is 1.65. The Kier molecular flexibility index (Phi) is 3.04. The van der Waals surface area contributed by atoms with Gasteiger partial charge in [-0.15, -0.1) is 0 Å². The number of nitriles is 2. The molecule has 1 aromatic carbocycles. The Labute approximate surface area is 81.0 Å². The Balaban J connectivity index is 3.38. The van der Waals surface area contributed by atoms with Crippen molar-refractivity contribution in [2.75, 3.05) is 7.11 Å². The zero-order chi connectivity index (χ0) is 10.6.